The number of hydrazine groups is 1. The first-order valence-electron chi connectivity index (χ1n) is 4.24. The molecule has 0 radical (unpaired) electrons. The number of dihydropyridines is 1. The van der Waals surface area contributed by atoms with E-state index in [1.54, 1.807) is 13.1 Å². The zero-order valence-corrected chi connectivity index (χ0v) is 7.92. The van der Waals surface area contributed by atoms with Gasteiger partial charge in [-0.15, -0.1) is 0 Å². The number of nitrogens with two attached hydrogens (primary N) is 1. The minimum Gasteiger partial charge on any atom is -0.510 e. The minimum absolute atomic E-state index is 0.175. The maximum atomic E-state index is 11.3. The van der Waals surface area contributed by atoms with Gasteiger partial charge in [0.1, 0.15) is 11.5 Å². The second-order valence-electron chi connectivity index (χ2n) is 2.78. The Balaban J connectivity index is 2.65. The number of amides is 1. The molecule has 0 spiro atoms. The molecule has 1 aliphatic heterocycles. The zero-order valence-electron chi connectivity index (χ0n) is 7.92. The lowest BCUT2D eigenvalue weighted by molar-refractivity contribution is -0.118. The van der Waals surface area contributed by atoms with Crippen molar-refractivity contribution in [2.24, 2.45) is 5.73 Å². The minimum atomic E-state index is -0.286. The number of carbonyl (C=O) groups is 1. The van der Waals surface area contributed by atoms with E-state index in [-0.39, 0.29) is 18.2 Å². The van der Waals surface area contributed by atoms with Crippen LogP contribution in [0.25, 0.3) is 0 Å². The molecule has 1 heterocycles. The van der Waals surface area contributed by atoms with E-state index in [4.69, 9.17) is 5.73 Å². The topological polar surface area (TPSA) is 99.4 Å². The Morgan fingerprint density at radius 2 is 2.50 bits per heavy atom. The maximum Gasteiger partial charge on any atom is 0.281 e. The van der Waals surface area contributed by atoms with Crippen LogP contribution in [0, 0.1) is 0 Å². The van der Waals surface area contributed by atoms with Crippen molar-refractivity contribution in [3.8, 4) is 0 Å². The Hall–Kier alpha value is -1.53. The summed E-state index contributed by atoms with van der Waals surface area (Å²) in [5, 5.41) is 12.1. The Morgan fingerprint density at radius 1 is 1.79 bits per heavy atom. The van der Waals surface area contributed by atoms with Crippen molar-refractivity contribution in [3.05, 3.63) is 23.2 Å². The van der Waals surface area contributed by atoms with Crippen LogP contribution in [0.2, 0.25) is 0 Å². The Labute approximate surface area is 81.8 Å². The highest BCUT2D eigenvalue weighted by molar-refractivity contribution is 5.93. The van der Waals surface area contributed by atoms with Crippen molar-refractivity contribution < 1.29 is 9.90 Å². The molecule has 6 heteroatoms. The molecule has 0 atom stereocenters. The third-order valence-electron chi connectivity index (χ3n) is 1.82. The summed E-state index contributed by atoms with van der Waals surface area (Å²) in [7, 11) is 1.60. The Kier molecular flexibility index (Phi) is 3.49. The molecule has 0 aromatic carbocycles. The van der Waals surface area contributed by atoms with E-state index in [1.165, 1.54) is 0 Å². The Morgan fingerprint density at radius 3 is 3.07 bits per heavy atom. The van der Waals surface area contributed by atoms with Gasteiger partial charge in [0.25, 0.3) is 5.91 Å². The molecule has 1 aliphatic rings. The van der Waals surface area contributed by atoms with Crippen molar-refractivity contribution in [1.82, 2.24) is 16.2 Å². The lowest BCUT2D eigenvalue weighted by Crippen LogP contribution is -2.40. The van der Waals surface area contributed by atoms with Crippen LogP contribution in [-0.2, 0) is 4.79 Å². The van der Waals surface area contributed by atoms with Crippen LogP contribution in [0.4, 0.5) is 0 Å². The highest BCUT2D eigenvalue weighted by Gasteiger charge is 2.16. The molecule has 78 valence electrons. The SMILES string of the molecule is CNNC(=O)C1=CCC(O)=C(CN)N1. The fourth-order valence-corrected chi connectivity index (χ4v) is 1.11. The standard InChI is InChI=1S/C8H14N4O2/c1-10-12-8(14)5-2-3-7(13)6(4-9)11-5/h2,10-11,13H,3-4,9H2,1H3,(H,12,14). The summed E-state index contributed by atoms with van der Waals surface area (Å²) in [5.74, 6) is -0.112. The number of aliphatic hydroxyl groups is 1. The molecule has 0 unspecified atom stereocenters. The smallest absolute Gasteiger partial charge is 0.281 e. The van der Waals surface area contributed by atoms with E-state index in [1.807, 2.05) is 0 Å². The number of allylic oxidation sites excluding steroid dienone is 1. The molecular weight excluding hydrogens is 184 g/mol. The third-order valence-corrected chi connectivity index (χ3v) is 1.82. The largest absolute Gasteiger partial charge is 0.510 e. The van der Waals surface area contributed by atoms with Gasteiger partial charge in [-0.1, -0.05) is 0 Å². The highest BCUT2D eigenvalue weighted by Crippen LogP contribution is 2.12. The van der Waals surface area contributed by atoms with Crippen LogP contribution in [0.5, 0.6) is 0 Å². The van der Waals surface area contributed by atoms with Gasteiger partial charge in [-0.25, -0.2) is 5.43 Å². The maximum absolute atomic E-state index is 11.3. The molecule has 6 N–H and O–H groups in total. The quantitative estimate of drug-likeness (QED) is 0.368. The van der Waals surface area contributed by atoms with Gasteiger partial charge in [-0.2, -0.15) is 0 Å². The van der Waals surface area contributed by atoms with Crippen molar-refractivity contribution in [1.29, 1.82) is 0 Å². The number of aliphatic hydroxyl groups excluding tert-OH is 1. The molecule has 0 aromatic heterocycles. The summed E-state index contributed by atoms with van der Waals surface area (Å²) in [6.45, 7) is 0.177. The fourth-order valence-electron chi connectivity index (χ4n) is 1.11. The van der Waals surface area contributed by atoms with Gasteiger partial charge in [0, 0.05) is 20.0 Å². The number of carbonyl (C=O) groups excluding carboxylic acids is 1. The summed E-state index contributed by atoms with van der Waals surface area (Å²) in [6.07, 6.45) is 1.92. The van der Waals surface area contributed by atoms with Crippen LogP contribution >= 0.6 is 0 Å². The first kappa shape index (κ1) is 10.6. The molecule has 0 aromatic rings. The van der Waals surface area contributed by atoms with E-state index in [0.717, 1.165) is 0 Å². The molecule has 0 fully saturated rings. The first-order valence-corrected chi connectivity index (χ1v) is 4.24. The van der Waals surface area contributed by atoms with Crippen molar-refractivity contribution in [2.45, 2.75) is 6.42 Å². The molecule has 14 heavy (non-hydrogen) atoms. The predicted octanol–water partition coefficient (Wildman–Crippen LogP) is -1.16. The van der Waals surface area contributed by atoms with Crippen molar-refractivity contribution in [3.63, 3.8) is 0 Å². The van der Waals surface area contributed by atoms with Crippen LogP contribution < -0.4 is 21.9 Å². The molecule has 0 aliphatic carbocycles. The van der Waals surface area contributed by atoms with E-state index in [0.29, 0.717) is 17.8 Å². The third kappa shape index (κ3) is 2.24. The van der Waals surface area contributed by atoms with E-state index in [9.17, 15) is 9.90 Å². The molecule has 1 amide bonds. The molecular formula is C8H14N4O2. The van der Waals surface area contributed by atoms with Gasteiger partial charge in [-0.3, -0.25) is 10.2 Å². The van der Waals surface area contributed by atoms with Gasteiger partial charge in [0.15, 0.2) is 0 Å². The summed E-state index contributed by atoms with van der Waals surface area (Å²) < 4.78 is 0. The fraction of sp³-hybridized carbons (Fsp3) is 0.375. The number of hydrogen-bond acceptors (Lipinski definition) is 5. The lowest BCUT2D eigenvalue weighted by Gasteiger charge is -2.18. The average Bonchev–Trinajstić information content (AvgIpc) is 2.19. The second kappa shape index (κ2) is 4.64. The van der Waals surface area contributed by atoms with Gasteiger partial charge in [0.2, 0.25) is 0 Å². The monoisotopic (exact) mass is 198 g/mol. The van der Waals surface area contributed by atoms with E-state index >= 15 is 0 Å². The molecule has 0 saturated carbocycles. The molecule has 0 saturated heterocycles. The van der Waals surface area contributed by atoms with Gasteiger partial charge in [0.05, 0.1) is 5.70 Å². The second-order valence-corrected chi connectivity index (χ2v) is 2.78. The predicted molar refractivity (Wildman–Crippen MR) is 51.7 cm³/mol. The van der Waals surface area contributed by atoms with E-state index in [2.05, 4.69) is 16.2 Å². The molecule has 1 rings (SSSR count). The highest BCUT2D eigenvalue weighted by atomic mass is 16.3. The van der Waals surface area contributed by atoms with Gasteiger partial charge >= 0.3 is 0 Å². The average molecular weight is 198 g/mol. The summed E-state index contributed by atoms with van der Waals surface area (Å²) >= 11 is 0. The van der Waals surface area contributed by atoms with Gasteiger partial charge < -0.3 is 16.2 Å². The van der Waals surface area contributed by atoms with E-state index < -0.39 is 0 Å². The summed E-state index contributed by atoms with van der Waals surface area (Å²) in [6, 6.07) is 0. The van der Waals surface area contributed by atoms with Crippen molar-refractivity contribution in [2.75, 3.05) is 13.6 Å². The van der Waals surface area contributed by atoms with Crippen molar-refractivity contribution >= 4 is 5.91 Å². The van der Waals surface area contributed by atoms with Crippen LogP contribution in [0.15, 0.2) is 23.2 Å². The molecule has 6 nitrogen and oxygen atoms in total. The molecule has 0 bridgehead atoms. The van der Waals surface area contributed by atoms with Crippen LogP contribution in [-0.4, -0.2) is 24.6 Å². The van der Waals surface area contributed by atoms with Crippen LogP contribution in [0.3, 0.4) is 0 Å². The Bertz CT molecular complexity index is 296. The number of hydrogen-bond donors (Lipinski definition) is 5. The first-order chi connectivity index (χ1) is 6.69. The summed E-state index contributed by atoms with van der Waals surface area (Å²) in [5.41, 5.74) is 11.2. The normalized spacial score (nSPS) is 16.0. The van der Waals surface area contributed by atoms with Gasteiger partial charge in [-0.05, 0) is 6.08 Å². The zero-order chi connectivity index (χ0) is 10.6. The lowest BCUT2D eigenvalue weighted by atomic mass is 10.1. The van der Waals surface area contributed by atoms with Crippen LogP contribution in [0.1, 0.15) is 6.42 Å². The number of rotatable bonds is 3. The summed E-state index contributed by atoms with van der Waals surface area (Å²) in [4.78, 5) is 11.3. The number of nitrogens with one attached hydrogen (secondary N) is 3.